The number of Topliss-reactive ketones (excluding diaryl/α,β-unsaturated/α-hetero) is 1. The summed E-state index contributed by atoms with van der Waals surface area (Å²) in [7, 11) is 6.38. The smallest absolute Gasteiger partial charge is 0.167 e. The zero-order chi connectivity index (χ0) is 45.7. The van der Waals surface area contributed by atoms with E-state index in [2.05, 4.69) is 39.9 Å². The highest BCUT2D eigenvalue weighted by Gasteiger charge is 2.43. The number of phenolic OH excluding ortho intramolecular Hbond substituents is 3. The number of ether oxygens (including phenoxy) is 2. The Kier molecular flexibility index (Phi) is 14.2. The number of fused-ring (bicyclic) bond motifs is 1. The molecule has 1 aliphatic carbocycles. The van der Waals surface area contributed by atoms with Gasteiger partial charge in [-0.2, -0.15) is 0 Å². The molecule has 2 aliphatic rings. The number of carbonyl (C=O) groups is 1. The van der Waals surface area contributed by atoms with Crippen molar-refractivity contribution in [2.24, 2.45) is 5.92 Å². The lowest BCUT2D eigenvalue weighted by Crippen LogP contribution is -2.41. The summed E-state index contributed by atoms with van der Waals surface area (Å²) in [5.74, 6) is 0.363. The second-order valence-corrected chi connectivity index (χ2v) is 20.1. The SMILES string of the molecule is CNCc1cc(O)cc([C@]2(C(=O)C[C@@H](O)[C@H](Cc3cc[nH]c3)Cc3ccc(O)c(OC)c3Cc3cccc4ccccc34)C=C[C@@H]3SSC[C@](C)(O)CNCOc4c(O)ccc(c43)C2)c1. The highest BCUT2D eigenvalue weighted by Crippen LogP contribution is 2.52. The minimum Gasteiger partial charge on any atom is -0.508 e. The topological polar surface area (TPSA) is 177 Å². The summed E-state index contributed by atoms with van der Waals surface area (Å²) in [5.41, 5.74) is 4.16. The molecule has 340 valence electrons. The van der Waals surface area contributed by atoms with Crippen LogP contribution in [0, 0.1) is 5.92 Å². The fourth-order valence-corrected chi connectivity index (χ4v) is 12.4. The summed E-state index contributed by atoms with van der Waals surface area (Å²) in [6, 6.07) is 28.5. The lowest BCUT2D eigenvalue weighted by atomic mass is 9.69. The molecule has 2 heterocycles. The van der Waals surface area contributed by atoms with Crippen LogP contribution in [0.4, 0.5) is 0 Å². The van der Waals surface area contributed by atoms with E-state index in [1.165, 1.54) is 21.6 Å². The van der Waals surface area contributed by atoms with E-state index in [-0.39, 0.29) is 42.6 Å². The van der Waals surface area contributed by atoms with E-state index in [1.807, 2.05) is 74.1 Å². The van der Waals surface area contributed by atoms with Gasteiger partial charge in [0.15, 0.2) is 23.0 Å². The zero-order valence-corrected chi connectivity index (χ0v) is 38.5. The largest absolute Gasteiger partial charge is 0.508 e. The Morgan fingerprint density at radius 3 is 2.58 bits per heavy atom. The third-order valence-corrected chi connectivity index (χ3v) is 15.5. The molecule has 8 rings (SSSR count). The Balaban J connectivity index is 1.20. The van der Waals surface area contributed by atoms with E-state index in [1.54, 1.807) is 38.3 Å². The minimum absolute atomic E-state index is 0.00957. The molecule has 0 spiro atoms. The zero-order valence-electron chi connectivity index (χ0n) is 36.8. The average Bonchev–Trinajstić information content (AvgIpc) is 3.73. The maximum absolute atomic E-state index is 15.6. The molecule has 0 amide bonds. The van der Waals surface area contributed by atoms with E-state index in [4.69, 9.17) is 9.47 Å². The van der Waals surface area contributed by atoms with Gasteiger partial charge in [0.2, 0.25) is 0 Å². The van der Waals surface area contributed by atoms with Crippen LogP contribution < -0.4 is 20.1 Å². The molecular formula is C52H57N3O8S2. The number of hydrogen-bond acceptors (Lipinski definition) is 12. The predicted molar refractivity (Wildman–Crippen MR) is 259 cm³/mol. The van der Waals surface area contributed by atoms with Crippen LogP contribution in [0.25, 0.3) is 10.8 Å². The molecule has 5 atom stereocenters. The number of nitrogens with one attached hydrogen (secondary N) is 3. The van der Waals surface area contributed by atoms with Crippen LogP contribution in [0.1, 0.15) is 63.1 Å². The summed E-state index contributed by atoms with van der Waals surface area (Å²) in [6.07, 6.45) is 7.70. The second kappa shape index (κ2) is 20.0. The predicted octanol–water partition coefficient (Wildman–Crippen LogP) is 8.19. The third-order valence-electron chi connectivity index (χ3n) is 12.7. The summed E-state index contributed by atoms with van der Waals surface area (Å²) in [4.78, 5) is 18.8. The summed E-state index contributed by atoms with van der Waals surface area (Å²) >= 11 is 0. The maximum Gasteiger partial charge on any atom is 0.167 e. The van der Waals surface area contributed by atoms with Crippen LogP contribution in [0.3, 0.4) is 0 Å². The monoisotopic (exact) mass is 915 g/mol. The number of aliphatic hydroxyl groups excluding tert-OH is 1. The first-order valence-corrected chi connectivity index (χ1v) is 24.3. The summed E-state index contributed by atoms with van der Waals surface area (Å²) in [6.45, 7) is 2.54. The van der Waals surface area contributed by atoms with Crippen molar-refractivity contribution < 1.29 is 39.8 Å². The van der Waals surface area contributed by atoms with Gasteiger partial charge in [0.1, 0.15) is 18.3 Å². The van der Waals surface area contributed by atoms with E-state index < -0.39 is 28.3 Å². The number of aromatic nitrogens is 1. The van der Waals surface area contributed by atoms with Gasteiger partial charge in [0, 0.05) is 55.2 Å². The molecule has 13 heteroatoms. The summed E-state index contributed by atoms with van der Waals surface area (Å²) < 4.78 is 12.1. The molecule has 0 saturated heterocycles. The van der Waals surface area contributed by atoms with Crippen molar-refractivity contribution in [3.8, 4) is 28.7 Å². The number of aromatic hydroxyl groups is 3. The van der Waals surface area contributed by atoms with Gasteiger partial charge in [-0.05, 0) is 114 Å². The Bertz CT molecular complexity index is 2660. The second-order valence-electron chi connectivity index (χ2n) is 17.6. The molecule has 65 heavy (non-hydrogen) atoms. The first kappa shape index (κ1) is 46.1. The van der Waals surface area contributed by atoms with Crippen molar-refractivity contribution in [1.82, 2.24) is 15.6 Å². The Labute approximate surface area is 387 Å². The fraction of sp³-hybridized carbons (Fsp3) is 0.327. The number of carbonyl (C=O) groups excluding carboxylic acids is 1. The van der Waals surface area contributed by atoms with Crippen molar-refractivity contribution in [3.05, 3.63) is 160 Å². The van der Waals surface area contributed by atoms with Crippen LogP contribution in [0.2, 0.25) is 0 Å². The van der Waals surface area contributed by atoms with Crippen LogP contribution >= 0.6 is 21.6 Å². The molecular weight excluding hydrogens is 859 g/mol. The van der Waals surface area contributed by atoms with E-state index >= 15 is 4.79 Å². The number of methoxy groups -OCH3 is 1. The summed E-state index contributed by atoms with van der Waals surface area (Å²) in [5, 5.41) is 65.3. The molecule has 0 bridgehead atoms. The van der Waals surface area contributed by atoms with Crippen LogP contribution in [-0.4, -0.2) is 81.2 Å². The molecule has 1 aliphatic heterocycles. The molecule has 0 fully saturated rings. The van der Waals surface area contributed by atoms with Gasteiger partial charge in [0.05, 0.1) is 29.5 Å². The average molecular weight is 916 g/mol. The van der Waals surface area contributed by atoms with Crippen molar-refractivity contribution in [2.75, 3.05) is 33.2 Å². The number of aromatic amines is 1. The minimum atomic E-state index is -1.37. The van der Waals surface area contributed by atoms with Gasteiger partial charge < -0.3 is 45.3 Å². The standard InChI is InChI=1S/C52H57N3O8S2/c1-51(61)29-55-31-63-50-44(58)14-12-37-26-52(17-15-46(48(37)50)65-64-30-51,39-20-33(27-53-2)21-40(56)24-39)47(60)25-45(59)38(19-32-16-18-54-28-32)22-36-11-13-43(57)49(62-3)42(36)23-35-9-6-8-34-7-4-5-10-41(34)35/h4-18,20-21,24,28,38,45-46,53-59,61H,19,22-23,25-27,29-31H2,1-3H3/t38-,45-,46+,51-,52+/m1/s1. The molecule has 11 nitrogen and oxygen atoms in total. The van der Waals surface area contributed by atoms with Crippen molar-refractivity contribution in [3.63, 3.8) is 0 Å². The molecule has 1 aromatic heterocycles. The Morgan fingerprint density at radius 1 is 0.969 bits per heavy atom. The van der Waals surface area contributed by atoms with Gasteiger partial charge >= 0.3 is 0 Å². The highest BCUT2D eigenvalue weighted by atomic mass is 33.1. The first-order valence-electron chi connectivity index (χ1n) is 21.9. The Hall–Kier alpha value is -5.41. The number of β-amino-alcohol motifs (C(OH)–C–C–N with tert-alkyl or cyclic N) is 1. The lowest BCUT2D eigenvalue weighted by Gasteiger charge is -2.33. The number of aliphatic hydroxyl groups is 2. The fourth-order valence-electron chi connectivity index (χ4n) is 9.41. The third kappa shape index (κ3) is 10.2. The van der Waals surface area contributed by atoms with E-state index in [0.717, 1.165) is 49.7 Å². The molecule has 8 N–H and O–H groups in total. The normalized spacial score (nSPS) is 20.8. The van der Waals surface area contributed by atoms with Gasteiger partial charge in [-0.25, -0.2) is 0 Å². The quantitative estimate of drug-likeness (QED) is 0.0389. The number of hydrogen-bond donors (Lipinski definition) is 8. The number of ketones is 1. The molecule has 5 aromatic carbocycles. The number of phenols is 3. The van der Waals surface area contributed by atoms with Gasteiger partial charge in [0.25, 0.3) is 0 Å². The molecule has 0 unspecified atom stereocenters. The van der Waals surface area contributed by atoms with E-state index in [0.29, 0.717) is 55.2 Å². The highest BCUT2D eigenvalue weighted by molar-refractivity contribution is 8.76. The van der Waals surface area contributed by atoms with Crippen LogP contribution in [-0.2, 0) is 42.4 Å². The lowest BCUT2D eigenvalue weighted by molar-refractivity contribution is -0.125. The molecule has 6 aromatic rings. The molecule has 0 saturated carbocycles. The van der Waals surface area contributed by atoms with Crippen LogP contribution in [0.15, 0.2) is 116 Å². The van der Waals surface area contributed by atoms with Crippen molar-refractivity contribution >= 4 is 38.1 Å². The maximum atomic E-state index is 15.6. The first-order chi connectivity index (χ1) is 31.4. The number of rotatable bonds is 14. The number of H-pyrrole nitrogens is 1. The van der Waals surface area contributed by atoms with E-state index in [9.17, 15) is 25.5 Å². The number of allylic oxidation sites excluding steroid dienone is 1. The van der Waals surface area contributed by atoms with Gasteiger partial charge in [-0.15, -0.1) is 0 Å². The van der Waals surface area contributed by atoms with Crippen molar-refractivity contribution in [1.29, 1.82) is 0 Å². The van der Waals surface area contributed by atoms with Crippen LogP contribution in [0.5, 0.6) is 28.7 Å². The number of benzene rings is 5. The van der Waals surface area contributed by atoms with Gasteiger partial charge in [-0.1, -0.05) is 94.4 Å². The molecule has 0 radical (unpaired) electrons. The van der Waals surface area contributed by atoms with Gasteiger partial charge in [-0.3, -0.25) is 10.1 Å². The van der Waals surface area contributed by atoms with Crippen molar-refractivity contribution in [2.45, 2.75) is 67.9 Å². The Morgan fingerprint density at radius 2 is 1.78 bits per heavy atom.